The summed E-state index contributed by atoms with van der Waals surface area (Å²) < 4.78 is 1.39. The van der Waals surface area contributed by atoms with Crippen LogP contribution in [0.5, 0.6) is 0 Å². The minimum Gasteiger partial charge on any atom is -0.367 e. The van der Waals surface area contributed by atoms with Crippen molar-refractivity contribution in [2.45, 2.75) is 25.8 Å². The summed E-state index contributed by atoms with van der Waals surface area (Å²) in [6.07, 6.45) is 2.33. The molecular formula is C14H16N4O3. The molecule has 21 heavy (non-hydrogen) atoms. The minimum absolute atomic E-state index is 0.00919. The van der Waals surface area contributed by atoms with Crippen LogP contribution in [0, 0.1) is 16.0 Å². The van der Waals surface area contributed by atoms with Gasteiger partial charge in [0, 0.05) is 30.6 Å². The smallest absolute Gasteiger partial charge is 0.349 e. The number of hydrogen-bond donors (Lipinski definition) is 1. The first kappa shape index (κ1) is 13.5. The lowest BCUT2D eigenvalue weighted by Crippen LogP contribution is -2.25. The van der Waals surface area contributed by atoms with E-state index < -0.39 is 4.92 Å². The number of rotatable bonds is 4. The molecule has 1 aliphatic carbocycles. The van der Waals surface area contributed by atoms with Crippen molar-refractivity contribution in [1.82, 2.24) is 9.55 Å². The molecule has 1 atom stereocenters. The maximum absolute atomic E-state index is 11.9. The number of nitrogens with zero attached hydrogens (tertiary/aromatic N) is 3. The molecule has 110 valence electrons. The summed E-state index contributed by atoms with van der Waals surface area (Å²) in [5.74, 6) is 1.01. The maximum atomic E-state index is 11.9. The van der Waals surface area contributed by atoms with E-state index in [0.717, 1.165) is 12.8 Å². The van der Waals surface area contributed by atoms with Crippen LogP contribution in [0.2, 0.25) is 0 Å². The zero-order valence-corrected chi connectivity index (χ0v) is 11.9. The number of aromatic nitrogens is 2. The average molecular weight is 288 g/mol. The topological polar surface area (TPSA) is 90.1 Å². The molecule has 0 amide bonds. The molecule has 7 nitrogen and oxygen atoms in total. The van der Waals surface area contributed by atoms with Crippen LogP contribution < -0.4 is 11.0 Å². The molecule has 0 radical (unpaired) electrons. The van der Waals surface area contributed by atoms with Crippen molar-refractivity contribution in [3.8, 4) is 0 Å². The average Bonchev–Trinajstić information content (AvgIpc) is 3.28. The fourth-order valence-corrected chi connectivity index (χ4v) is 2.49. The highest BCUT2D eigenvalue weighted by molar-refractivity contribution is 5.91. The maximum Gasteiger partial charge on any atom is 0.349 e. The molecule has 0 bridgehead atoms. The van der Waals surface area contributed by atoms with E-state index in [2.05, 4.69) is 10.3 Å². The number of aryl methyl sites for hydroxylation is 1. The Bertz CT molecular complexity index is 780. The molecule has 1 fully saturated rings. The minimum atomic E-state index is -0.446. The summed E-state index contributed by atoms with van der Waals surface area (Å²) in [7, 11) is 1.61. The van der Waals surface area contributed by atoms with Gasteiger partial charge in [-0.1, -0.05) is 0 Å². The molecule has 1 heterocycles. The highest BCUT2D eigenvalue weighted by Crippen LogP contribution is 2.34. The summed E-state index contributed by atoms with van der Waals surface area (Å²) in [4.78, 5) is 26.4. The van der Waals surface area contributed by atoms with Crippen LogP contribution in [0.1, 0.15) is 19.8 Å². The first-order valence-electron chi connectivity index (χ1n) is 6.89. The monoisotopic (exact) mass is 288 g/mol. The molecular weight excluding hydrogens is 272 g/mol. The predicted octanol–water partition coefficient (Wildman–Crippen LogP) is 2.05. The van der Waals surface area contributed by atoms with Crippen molar-refractivity contribution in [3.63, 3.8) is 0 Å². The Morgan fingerprint density at radius 2 is 2.19 bits per heavy atom. The fourth-order valence-electron chi connectivity index (χ4n) is 2.49. The molecule has 7 heteroatoms. The highest BCUT2D eigenvalue weighted by atomic mass is 16.6. The van der Waals surface area contributed by atoms with Crippen LogP contribution in [0.15, 0.2) is 23.0 Å². The lowest BCUT2D eigenvalue weighted by molar-refractivity contribution is -0.384. The van der Waals surface area contributed by atoms with E-state index in [0.29, 0.717) is 22.6 Å². The second-order valence-corrected chi connectivity index (χ2v) is 5.53. The van der Waals surface area contributed by atoms with Crippen LogP contribution in [0.25, 0.3) is 10.9 Å². The van der Waals surface area contributed by atoms with E-state index in [1.165, 1.54) is 16.7 Å². The summed E-state index contributed by atoms with van der Waals surface area (Å²) in [5, 5.41) is 14.8. The van der Waals surface area contributed by atoms with Crippen molar-refractivity contribution >= 4 is 22.4 Å². The molecule has 1 saturated carbocycles. The van der Waals surface area contributed by atoms with Gasteiger partial charge in [0.1, 0.15) is 5.82 Å². The van der Waals surface area contributed by atoms with Crippen molar-refractivity contribution in [2.24, 2.45) is 13.0 Å². The summed E-state index contributed by atoms with van der Waals surface area (Å²) >= 11 is 0. The molecule has 0 aliphatic heterocycles. The van der Waals surface area contributed by atoms with Gasteiger partial charge < -0.3 is 5.32 Å². The fraction of sp³-hybridized carbons (Fsp3) is 0.429. The van der Waals surface area contributed by atoms with Gasteiger partial charge >= 0.3 is 5.69 Å². The van der Waals surface area contributed by atoms with E-state index in [1.807, 2.05) is 6.92 Å². The number of nitro benzene ring substituents is 1. The summed E-state index contributed by atoms with van der Waals surface area (Å²) in [6.45, 7) is 2.04. The zero-order chi connectivity index (χ0) is 15.1. The van der Waals surface area contributed by atoms with Crippen LogP contribution >= 0.6 is 0 Å². The van der Waals surface area contributed by atoms with Crippen molar-refractivity contribution < 1.29 is 4.92 Å². The van der Waals surface area contributed by atoms with E-state index in [9.17, 15) is 14.9 Å². The van der Waals surface area contributed by atoms with Gasteiger partial charge in [-0.05, 0) is 31.7 Å². The zero-order valence-electron chi connectivity index (χ0n) is 11.9. The van der Waals surface area contributed by atoms with Gasteiger partial charge in [0.05, 0.1) is 10.4 Å². The van der Waals surface area contributed by atoms with E-state index in [4.69, 9.17) is 0 Å². The van der Waals surface area contributed by atoms with Crippen molar-refractivity contribution in [1.29, 1.82) is 0 Å². The number of fused-ring (bicyclic) bond motifs is 1. The lowest BCUT2D eigenvalue weighted by Gasteiger charge is -2.16. The Labute approximate surface area is 120 Å². The van der Waals surface area contributed by atoms with Gasteiger partial charge in [-0.3, -0.25) is 14.7 Å². The molecule has 1 aliphatic rings. The normalized spacial score (nSPS) is 15.9. The Morgan fingerprint density at radius 3 is 2.81 bits per heavy atom. The number of nitro groups is 1. The van der Waals surface area contributed by atoms with Crippen LogP contribution in [-0.4, -0.2) is 20.5 Å². The van der Waals surface area contributed by atoms with Crippen molar-refractivity contribution in [2.75, 3.05) is 5.32 Å². The second kappa shape index (κ2) is 4.83. The Balaban J connectivity index is 2.15. The Hall–Kier alpha value is -2.44. The summed E-state index contributed by atoms with van der Waals surface area (Å²) in [6, 6.07) is 4.65. The third kappa shape index (κ3) is 2.46. The molecule has 0 unspecified atom stereocenters. The van der Waals surface area contributed by atoms with Crippen LogP contribution in [0.4, 0.5) is 11.5 Å². The SMILES string of the molecule is C[C@@H](Nc1nc(=O)n(C)c2ccc([N+](=O)[O-])cc12)C1CC1. The van der Waals surface area contributed by atoms with Crippen molar-refractivity contribution in [3.05, 3.63) is 38.8 Å². The van der Waals surface area contributed by atoms with Gasteiger partial charge in [0.15, 0.2) is 0 Å². The molecule has 1 aromatic heterocycles. The molecule has 1 aromatic carbocycles. The molecule has 1 N–H and O–H groups in total. The third-order valence-corrected chi connectivity index (χ3v) is 4.00. The Morgan fingerprint density at radius 1 is 1.48 bits per heavy atom. The molecule has 2 aromatic rings. The molecule has 0 spiro atoms. The lowest BCUT2D eigenvalue weighted by atomic mass is 10.1. The van der Waals surface area contributed by atoms with E-state index in [1.54, 1.807) is 13.1 Å². The van der Waals surface area contributed by atoms with E-state index >= 15 is 0 Å². The van der Waals surface area contributed by atoms with Gasteiger partial charge in [0.2, 0.25) is 0 Å². The van der Waals surface area contributed by atoms with Crippen LogP contribution in [0.3, 0.4) is 0 Å². The number of nitrogens with one attached hydrogen (secondary N) is 1. The quantitative estimate of drug-likeness (QED) is 0.687. The predicted molar refractivity (Wildman–Crippen MR) is 79.4 cm³/mol. The van der Waals surface area contributed by atoms with Gasteiger partial charge in [-0.15, -0.1) is 0 Å². The number of non-ortho nitro benzene ring substituents is 1. The second-order valence-electron chi connectivity index (χ2n) is 5.53. The first-order valence-corrected chi connectivity index (χ1v) is 6.89. The number of anilines is 1. The first-order chi connectivity index (χ1) is 9.97. The molecule has 0 saturated heterocycles. The van der Waals surface area contributed by atoms with Crippen LogP contribution in [-0.2, 0) is 7.05 Å². The molecule has 3 rings (SSSR count). The van der Waals surface area contributed by atoms with Gasteiger partial charge in [-0.25, -0.2) is 4.79 Å². The highest BCUT2D eigenvalue weighted by Gasteiger charge is 2.28. The summed E-state index contributed by atoms with van der Waals surface area (Å²) in [5.41, 5.74) is 0.248. The Kier molecular flexibility index (Phi) is 3.12. The largest absolute Gasteiger partial charge is 0.367 e. The third-order valence-electron chi connectivity index (χ3n) is 4.00. The van der Waals surface area contributed by atoms with Gasteiger partial charge in [0.25, 0.3) is 5.69 Å². The number of hydrogen-bond acceptors (Lipinski definition) is 5. The van der Waals surface area contributed by atoms with Gasteiger partial charge in [-0.2, -0.15) is 4.98 Å². The number of benzene rings is 1. The standard InChI is InChI=1S/C14H16N4O3/c1-8(9-3-4-9)15-13-11-7-10(18(20)21)5-6-12(11)17(2)14(19)16-13/h5-9H,3-4H2,1-2H3,(H,15,16,19)/t8-/m1/s1. The van der Waals surface area contributed by atoms with E-state index in [-0.39, 0.29) is 17.4 Å².